The van der Waals surface area contributed by atoms with Crippen molar-refractivity contribution in [3.05, 3.63) is 67.3 Å². The molecule has 2 aromatic heterocycles. The second kappa shape index (κ2) is 7.98. The molecule has 7 heteroatoms. The van der Waals surface area contributed by atoms with Gasteiger partial charge in [-0.1, -0.05) is 29.3 Å². The van der Waals surface area contributed by atoms with Crippen LogP contribution < -0.4 is 0 Å². The summed E-state index contributed by atoms with van der Waals surface area (Å²) in [5.41, 5.74) is 4.90. The molecule has 29 heavy (non-hydrogen) atoms. The van der Waals surface area contributed by atoms with Crippen LogP contribution in [-0.2, 0) is 12.8 Å². The molecule has 0 amide bonds. The highest BCUT2D eigenvalue weighted by molar-refractivity contribution is 7.15. The lowest BCUT2D eigenvalue weighted by molar-refractivity contribution is 0.0696. The largest absolute Gasteiger partial charge is 0.478 e. The average Bonchev–Trinajstić information content (AvgIpc) is 3.19. The van der Waals surface area contributed by atoms with Crippen molar-refractivity contribution in [3.8, 4) is 5.00 Å². The van der Waals surface area contributed by atoms with Crippen molar-refractivity contribution < 1.29 is 9.90 Å². The van der Waals surface area contributed by atoms with Crippen molar-refractivity contribution in [1.82, 2.24) is 4.57 Å². The van der Waals surface area contributed by atoms with E-state index in [4.69, 9.17) is 23.2 Å². The maximum absolute atomic E-state index is 12.1. The smallest absolute Gasteiger partial charge is 0.339 e. The quantitative estimate of drug-likeness (QED) is 0.448. The van der Waals surface area contributed by atoms with Crippen LogP contribution in [0.4, 0.5) is 5.69 Å². The molecule has 2 heterocycles. The fraction of sp³-hybridized carbons (Fsp3) is 0.273. The molecule has 0 unspecified atom stereocenters. The van der Waals surface area contributed by atoms with E-state index in [1.165, 1.54) is 4.88 Å². The number of aryl methyl sites for hydroxylation is 2. The molecule has 4 rings (SSSR count). The maximum Gasteiger partial charge on any atom is 0.339 e. The highest BCUT2D eigenvalue weighted by Gasteiger charge is 2.27. The van der Waals surface area contributed by atoms with Crippen LogP contribution in [0.25, 0.3) is 5.00 Å². The lowest BCUT2D eigenvalue weighted by Crippen LogP contribution is -2.09. The van der Waals surface area contributed by atoms with Gasteiger partial charge in [0.15, 0.2) is 0 Å². The number of carboxylic acids is 1. The lowest BCUT2D eigenvalue weighted by atomic mass is 9.95. The number of aliphatic imine (C=N–C) groups is 1. The summed E-state index contributed by atoms with van der Waals surface area (Å²) in [5.74, 6) is -0.854. The average molecular weight is 447 g/mol. The molecule has 4 nitrogen and oxygen atoms in total. The number of aromatic nitrogens is 1. The van der Waals surface area contributed by atoms with Crippen LogP contribution in [0, 0.1) is 13.8 Å². The van der Waals surface area contributed by atoms with E-state index >= 15 is 0 Å². The normalized spacial score (nSPS) is 13.8. The summed E-state index contributed by atoms with van der Waals surface area (Å²) < 4.78 is 2.04. The number of thiophene rings is 1. The molecule has 1 aliphatic rings. The molecule has 1 N–H and O–H groups in total. The zero-order valence-electron chi connectivity index (χ0n) is 16.1. The molecule has 0 saturated heterocycles. The van der Waals surface area contributed by atoms with Crippen LogP contribution in [0.15, 0.2) is 29.3 Å². The number of hydrogen-bond donors (Lipinski definition) is 1. The first-order valence-electron chi connectivity index (χ1n) is 9.43. The Balaban J connectivity index is 1.79. The maximum atomic E-state index is 12.1. The lowest BCUT2D eigenvalue weighted by Gasteiger charge is -2.11. The van der Waals surface area contributed by atoms with Gasteiger partial charge in [0.25, 0.3) is 0 Å². The number of aromatic carboxylic acids is 1. The molecule has 0 saturated carbocycles. The highest BCUT2D eigenvalue weighted by atomic mass is 35.5. The van der Waals surface area contributed by atoms with E-state index in [1.54, 1.807) is 35.8 Å². The van der Waals surface area contributed by atoms with Crippen molar-refractivity contribution in [3.63, 3.8) is 0 Å². The zero-order valence-corrected chi connectivity index (χ0v) is 18.5. The molecule has 0 fully saturated rings. The van der Waals surface area contributed by atoms with Gasteiger partial charge in [0.1, 0.15) is 5.00 Å². The number of rotatable bonds is 4. The molecule has 0 aliphatic heterocycles. The van der Waals surface area contributed by atoms with Gasteiger partial charge in [0, 0.05) is 28.0 Å². The van der Waals surface area contributed by atoms with Gasteiger partial charge in [-0.25, -0.2) is 4.79 Å². The first-order valence-corrected chi connectivity index (χ1v) is 11.0. The van der Waals surface area contributed by atoms with Gasteiger partial charge in [0.2, 0.25) is 0 Å². The molecule has 0 radical (unpaired) electrons. The predicted molar refractivity (Wildman–Crippen MR) is 120 cm³/mol. The Labute approximate surface area is 183 Å². The third-order valence-corrected chi connectivity index (χ3v) is 7.40. The fourth-order valence-electron chi connectivity index (χ4n) is 3.89. The van der Waals surface area contributed by atoms with E-state index < -0.39 is 5.97 Å². The third-order valence-electron chi connectivity index (χ3n) is 5.31. The van der Waals surface area contributed by atoms with E-state index in [-0.39, 0.29) is 0 Å². The Morgan fingerprint density at radius 2 is 2.00 bits per heavy atom. The molecule has 0 spiro atoms. The van der Waals surface area contributed by atoms with Crippen molar-refractivity contribution in [1.29, 1.82) is 0 Å². The van der Waals surface area contributed by atoms with Gasteiger partial charge in [-0.15, -0.1) is 11.3 Å². The van der Waals surface area contributed by atoms with E-state index in [0.29, 0.717) is 21.3 Å². The van der Waals surface area contributed by atoms with E-state index in [1.807, 2.05) is 24.5 Å². The minimum absolute atomic E-state index is 0.415. The van der Waals surface area contributed by atoms with Crippen LogP contribution in [0.2, 0.25) is 10.0 Å². The standard InChI is InChI=1S/C22H20Cl2N2O2S/c1-12-10-14(11-25-17-8-5-7-16(23)20(17)24)13(2)26(12)21-19(22(27)28)15-6-3-4-9-18(15)29-21/h5,7-8,10-11H,3-4,6,9H2,1-2H3,(H,27,28). The van der Waals surface area contributed by atoms with Gasteiger partial charge in [0.05, 0.1) is 21.3 Å². The van der Waals surface area contributed by atoms with Crippen molar-refractivity contribution >= 4 is 52.4 Å². The number of hydrogen-bond acceptors (Lipinski definition) is 3. The molecule has 1 aliphatic carbocycles. The van der Waals surface area contributed by atoms with E-state index in [2.05, 4.69) is 4.99 Å². The van der Waals surface area contributed by atoms with E-state index in [9.17, 15) is 9.90 Å². The summed E-state index contributed by atoms with van der Waals surface area (Å²) in [5, 5.41) is 11.6. The summed E-state index contributed by atoms with van der Waals surface area (Å²) in [6.07, 6.45) is 5.72. The molecule has 0 atom stereocenters. The molecule has 1 aromatic carbocycles. The van der Waals surface area contributed by atoms with Crippen molar-refractivity contribution in [2.24, 2.45) is 4.99 Å². The first kappa shape index (κ1) is 20.2. The minimum atomic E-state index is -0.854. The summed E-state index contributed by atoms with van der Waals surface area (Å²) >= 11 is 13.9. The van der Waals surface area contributed by atoms with Gasteiger partial charge in [-0.3, -0.25) is 4.99 Å². The minimum Gasteiger partial charge on any atom is -0.478 e. The fourth-order valence-corrected chi connectivity index (χ4v) is 5.73. The Hall–Kier alpha value is -2.08. The summed E-state index contributed by atoms with van der Waals surface area (Å²) in [4.78, 5) is 17.8. The predicted octanol–water partition coefficient (Wildman–Crippen LogP) is 6.79. The van der Waals surface area contributed by atoms with Crippen LogP contribution in [0.5, 0.6) is 0 Å². The summed E-state index contributed by atoms with van der Waals surface area (Å²) in [7, 11) is 0. The summed E-state index contributed by atoms with van der Waals surface area (Å²) in [6, 6.07) is 7.35. The molecule has 150 valence electrons. The van der Waals surface area contributed by atoms with Crippen molar-refractivity contribution in [2.45, 2.75) is 39.5 Å². The second-order valence-corrected chi connectivity index (χ2v) is 9.06. The number of fused-ring (bicyclic) bond motifs is 1. The number of carbonyl (C=O) groups is 1. The summed E-state index contributed by atoms with van der Waals surface area (Å²) in [6.45, 7) is 3.97. The Morgan fingerprint density at radius 3 is 2.76 bits per heavy atom. The Kier molecular flexibility index (Phi) is 5.56. The monoisotopic (exact) mass is 446 g/mol. The second-order valence-electron chi connectivity index (χ2n) is 7.19. The molecule has 3 aromatic rings. The highest BCUT2D eigenvalue weighted by Crippen LogP contribution is 2.39. The van der Waals surface area contributed by atoms with Crippen LogP contribution in [-0.4, -0.2) is 21.9 Å². The molecular weight excluding hydrogens is 427 g/mol. The van der Waals surface area contributed by atoms with Gasteiger partial charge >= 0.3 is 5.97 Å². The van der Waals surface area contributed by atoms with Crippen LogP contribution >= 0.6 is 34.5 Å². The van der Waals surface area contributed by atoms with Crippen molar-refractivity contribution in [2.75, 3.05) is 0 Å². The molecule has 0 bridgehead atoms. The third kappa shape index (κ3) is 3.63. The first-order chi connectivity index (χ1) is 13.9. The SMILES string of the molecule is Cc1cc(C=Nc2cccc(Cl)c2Cl)c(C)n1-c1sc2c(c1C(=O)O)CCCC2. The number of halogens is 2. The Bertz CT molecular complexity index is 1140. The van der Waals surface area contributed by atoms with Gasteiger partial charge < -0.3 is 9.67 Å². The van der Waals surface area contributed by atoms with Gasteiger partial charge in [-0.2, -0.15) is 0 Å². The van der Waals surface area contributed by atoms with Gasteiger partial charge in [-0.05, 0) is 63.3 Å². The Morgan fingerprint density at radius 1 is 1.24 bits per heavy atom. The number of benzene rings is 1. The molecular formula is C22H20Cl2N2O2S. The van der Waals surface area contributed by atoms with Crippen LogP contribution in [0.1, 0.15) is 50.6 Å². The topological polar surface area (TPSA) is 54.6 Å². The number of nitrogens with zero attached hydrogens (tertiary/aromatic N) is 2. The van der Waals surface area contributed by atoms with Crippen LogP contribution in [0.3, 0.4) is 0 Å². The zero-order chi connectivity index (χ0) is 20.7. The van der Waals surface area contributed by atoms with E-state index in [0.717, 1.165) is 53.2 Å². The number of carboxylic acid groups (broad SMARTS) is 1.